The van der Waals surface area contributed by atoms with Crippen molar-refractivity contribution >= 4 is 33.4 Å². The summed E-state index contributed by atoms with van der Waals surface area (Å²) >= 11 is 9.25. The van der Waals surface area contributed by atoms with Gasteiger partial charge < -0.3 is 10.2 Å². The summed E-state index contributed by atoms with van der Waals surface area (Å²) in [6, 6.07) is 5.60. The zero-order valence-electron chi connectivity index (χ0n) is 9.54. The minimum Gasteiger partial charge on any atom is -0.336 e. The van der Waals surface area contributed by atoms with Crippen LogP contribution < -0.4 is 5.32 Å². The molecule has 5 heteroatoms. The molecular formula is C12H14BrClN2O. The average molecular weight is 318 g/mol. The van der Waals surface area contributed by atoms with Crippen molar-refractivity contribution in [1.29, 1.82) is 0 Å². The molecule has 0 spiro atoms. The lowest BCUT2D eigenvalue weighted by atomic mass is 10.1. The highest BCUT2D eigenvalue weighted by Crippen LogP contribution is 2.23. The van der Waals surface area contributed by atoms with E-state index in [9.17, 15) is 4.79 Å². The zero-order chi connectivity index (χ0) is 12.4. The van der Waals surface area contributed by atoms with Crippen LogP contribution in [0.3, 0.4) is 0 Å². The van der Waals surface area contributed by atoms with Crippen LogP contribution in [0.25, 0.3) is 0 Å². The summed E-state index contributed by atoms with van der Waals surface area (Å²) in [5.41, 5.74) is 0.670. The fraction of sp³-hybridized carbons (Fsp3) is 0.417. The first kappa shape index (κ1) is 12.9. The van der Waals surface area contributed by atoms with Crippen molar-refractivity contribution in [3.63, 3.8) is 0 Å². The van der Waals surface area contributed by atoms with Gasteiger partial charge in [-0.2, -0.15) is 0 Å². The molecule has 17 heavy (non-hydrogen) atoms. The van der Waals surface area contributed by atoms with Crippen LogP contribution in [0.4, 0.5) is 0 Å². The first-order chi connectivity index (χ1) is 8.08. The smallest absolute Gasteiger partial charge is 0.255 e. The number of rotatable bonds is 1. The van der Waals surface area contributed by atoms with Crippen molar-refractivity contribution < 1.29 is 4.79 Å². The number of hydrogen-bond donors (Lipinski definition) is 1. The van der Waals surface area contributed by atoms with E-state index in [1.54, 1.807) is 18.2 Å². The van der Waals surface area contributed by atoms with E-state index in [-0.39, 0.29) is 5.91 Å². The van der Waals surface area contributed by atoms with E-state index >= 15 is 0 Å². The Kier molecular flexibility index (Phi) is 4.07. The molecule has 1 aliphatic rings. The first-order valence-electron chi connectivity index (χ1n) is 5.55. The van der Waals surface area contributed by atoms with E-state index < -0.39 is 0 Å². The third-order valence-corrected chi connectivity index (χ3v) is 3.71. The molecule has 0 saturated carbocycles. The van der Waals surface area contributed by atoms with E-state index in [0.29, 0.717) is 16.6 Å². The molecule has 1 amide bonds. The molecule has 1 atom stereocenters. The summed E-state index contributed by atoms with van der Waals surface area (Å²) in [6.45, 7) is 4.42. The molecule has 92 valence electrons. The summed E-state index contributed by atoms with van der Waals surface area (Å²) in [4.78, 5) is 14.2. The number of hydrogen-bond acceptors (Lipinski definition) is 2. The van der Waals surface area contributed by atoms with Gasteiger partial charge >= 0.3 is 0 Å². The van der Waals surface area contributed by atoms with Gasteiger partial charge in [-0.05, 0) is 41.1 Å². The van der Waals surface area contributed by atoms with E-state index in [1.165, 1.54) is 0 Å². The number of carbonyl (C=O) groups excluding carboxylic acids is 1. The molecule has 1 heterocycles. The maximum atomic E-state index is 12.3. The van der Waals surface area contributed by atoms with E-state index in [2.05, 4.69) is 28.2 Å². The second-order valence-electron chi connectivity index (χ2n) is 4.23. The molecule has 1 saturated heterocycles. The summed E-state index contributed by atoms with van der Waals surface area (Å²) in [5.74, 6) is 0.0573. The third-order valence-electron chi connectivity index (χ3n) is 2.82. The molecule has 0 aliphatic carbocycles. The van der Waals surface area contributed by atoms with Crippen LogP contribution in [-0.4, -0.2) is 36.5 Å². The van der Waals surface area contributed by atoms with Crippen molar-refractivity contribution in [2.24, 2.45) is 0 Å². The Bertz CT molecular complexity index is 439. The van der Waals surface area contributed by atoms with Crippen molar-refractivity contribution in [2.75, 3.05) is 19.6 Å². The van der Waals surface area contributed by atoms with Crippen LogP contribution in [0, 0.1) is 0 Å². The number of carbonyl (C=O) groups is 1. The minimum absolute atomic E-state index is 0.0573. The van der Waals surface area contributed by atoms with Crippen LogP contribution in [-0.2, 0) is 0 Å². The van der Waals surface area contributed by atoms with Gasteiger partial charge in [-0.25, -0.2) is 0 Å². The zero-order valence-corrected chi connectivity index (χ0v) is 11.9. The molecule has 1 fully saturated rings. The van der Waals surface area contributed by atoms with Crippen LogP contribution in [0.15, 0.2) is 22.7 Å². The number of benzene rings is 1. The highest BCUT2D eigenvalue weighted by atomic mass is 79.9. The largest absolute Gasteiger partial charge is 0.336 e. The average Bonchev–Trinajstić information content (AvgIpc) is 2.28. The molecule has 0 aromatic heterocycles. The highest BCUT2D eigenvalue weighted by molar-refractivity contribution is 9.10. The molecule has 1 N–H and O–H groups in total. The molecule has 1 aromatic carbocycles. The summed E-state index contributed by atoms with van der Waals surface area (Å²) in [7, 11) is 0. The Morgan fingerprint density at radius 2 is 2.35 bits per heavy atom. The van der Waals surface area contributed by atoms with Crippen molar-refractivity contribution in [1.82, 2.24) is 10.2 Å². The Hall–Kier alpha value is -0.580. The van der Waals surface area contributed by atoms with Crippen LogP contribution in [0.5, 0.6) is 0 Å². The molecule has 1 aromatic rings. The summed E-state index contributed by atoms with van der Waals surface area (Å²) < 4.78 is 0.751. The van der Waals surface area contributed by atoms with Gasteiger partial charge in [0.15, 0.2) is 0 Å². The van der Waals surface area contributed by atoms with Gasteiger partial charge in [0.1, 0.15) is 0 Å². The summed E-state index contributed by atoms with van der Waals surface area (Å²) in [5, 5.41) is 3.94. The number of piperazine rings is 1. The standard InChI is InChI=1S/C12H14BrClN2O/c1-8-7-16(5-4-15-8)12(17)10-3-2-9(14)6-11(10)13/h2-3,6,8,15H,4-5,7H2,1H3/t8-/m0/s1. The number of nitrogens with one attached hydrogen (secondary N) is 1. The Morgan fingerprint density at radius 3 is 3.00 bits per heavy atom. The van der Waals surface area contributed by atoms with Crippen molar-refractivity contribution in [3.8, 4) is 0 Å². The SMILES string of the molecule is C[C@H]1CN(C(=O)c2ccc(Cl)cc2Br)CCN1. The monoisotopic (exact) mass is 316 g/mol. The fourth-order valence-corrected chi connectivity index (χ4v) is 2.80. The Balaban J connectivity index is 2.18. The second-order valence-corrected chi connectivity index (χ2v) is 5.52. The van der Waals surface area contributed by atoms with Gasteiger partial charge in [0.2, 0.25) is 0 Å². The van der Waals surface area contributed by atoms with Crippen molar-refractivity contribution in [3.05, 3.63) is 33.3 Å². The van der Waals surface area contributed by atoms with Gasteiger partial charge in [-0.15, -0.1) is 0 Å². The molecule has 1 aliphatic heterocycles. The quantitative estimate of drug-likeness (QED) is 0.863. The fourth-order valence-electron chi connectivity index (χ4n) is 1.95. The molecular weight excluding hydrogens is 304 g/mol. The van der Waals surface area contributed by atoms with Crippen LogP contribution in [0.1, 0.15) is 17.3 Å². The lowest BCUT2D eigenvalue weighted by Crippen LogP contribution is -2.51. The molecule has 2 rings (SSSR count). The molecule has 0 unspecified atom stereocenters. The minimum atomic E-state index is 0.0573. The van der Waals surface area contributed by atoms with E-state index in [1.807, 2.05) is 4.90 Å². The number of amides is 1. The van der Waals surface area contributed by atoms with Crippen LogP contribution in [0.2, 0.25) is 5.02 Å². The highest BCUT2D eigenvalue weighted by Gasteiger charge is 2.22. The Labute approximate surface area is 114 Å². The maximum absolute atomic E-state index is 12.3. The number of nitrogens with zero attached hydrogens (tertiary/aromatic N) is 1. The van der Waals surface area contributed by atoms with Gasteiger partial charge in [-0.1, -0.05) is 11.6 Å². The van der Waals surface area contributed by atoms with E-state index in [4.69, 9.17) is 11.6 Å². The summed E-state index contributed by atoms with van der Waals surface area (Å²) in [6.07, 6.45) is 0. The van der Waals surface area contributed by atoms with Gasteiger partial charge in [0, 0.05) is 35.2 Å². The lowest BCUT2D eigenvalue weighted by Gasteiger charge is -2.32. The van der Waals surface area contributed by atoms with Crippen LogP contribution >= 0.6 is 27.5 Å². The van der Waals surface area contributed by atoms with Crippen molar-refractivity contribution in [2.45, 2.75) is 13.0 Å². The molecule has 0 bridgehead atoms. The normalized spacial score (nSPS) is 20.4. The van der Waals surface area contributed by atoms with Gasteiger partial charge in [0.25, 0.3) is 5.91 Å². The third kappa shape index (κ3) is 3.00. The van der Waals surface area contributed by atoms with Gasteiger partial charge in [-0.3, -0.25) is 4.79 Å². The first-order valence-corrected chi connectivity index (χ1v) is 6.72. The van der Waals surface area contributed by atoms with Gasteiger partial charge in [0.05, 0.1) is 5.56 Å². The predicted octanol–water partition coefficient (Wildman–Crippen LogP) is 2.54. The second kappa shape index (κ2) is 5.38. The molecule has 3 nitrogen and oxygen atoms in total. The maximum Gasteiger partial charge on any atom is 0.255 e. The predicted molar refractivity (Wildman–Crippen MR) is 72.5 cm³/mol. The molecule has 0 radical (unpaired) electrons. The Morgan fingerprint density at radius 1 is 1.59 bits per heavy atom. The number of halogens is 2. The lowest BCUT2D eigenvalue weighted by molar-refractivity contribution is 0.0708. The van der Waals surface area contributed by atoms with E-state index in [0.717, 1.165) is 24.1 Å². The topological polar surface area (TPSA) is 32.3 Å².